The van der Waals surface area contributed by atoms with Crippen LogP contribution in [-0.2, 0) is 18.3 Å². The van der Waals surface area contributed by atoms with E-state index < -0.39 is 13.8 Å². The molecule has 0 saturated carbocycles. The summed E-state index contributed by atoms with van der Waals surface area (Å²) >= 11 is 0. The van der Waals surface area contributed by atoms with Crippen LogP contribution < -0.4 is 5.73 Å². The second-order valence-electron chi connectivity index (χ2n) is 4.08. The van der Waals surface area contributed by atoms with Gasteiger partial charge in [0.1, 0.15) is 6.10 Å². The molecule has 0 unspecified atom stereocenters. The number of hydrogen-bond donors (Lipinski definition) is 1. The Bertz CT molecular complexity index is 319. The summed E-state index contributed by atoms with van der Waals surface area (Å²) in [5, 5.41) is 0. The van der Waals surface area contributed by atoms with Crippen LogP contribution in [0.1, 0.15) is 19.3 Å². The van der Waals surface area contributed by atoms with Gasteiger partial charge in [0.2, 0.25) is 0 Å². The van der Waals surface area contributed by atoms with Crippen LogP contribution in [-0.4, -0.2) is 43.2 Å². The summed E-state index contributed by atoms with van der Waals surface area (Å²) in [4.78, 5) is 10.6. The van der Waals surface area contributed by atoms with E-state index in [0.717, 1.165) is 6.42 Å². The normalized spacial score (nSPS) is 26.6. The predicted octanol–water partition coefficient (Wildman–Crippen LogP) is 1.09. The van der Waals surface area contributed by atoms with Crippen LogP contribution >= 0.6 is 7.75 Å². The molecule has 1 amide bonds. The highest BCUT2D eigenvalue weighted by molar-refractivity contribution is 7.51. The van der Waals surface area contributed by atoms with Gasteiger partial charge in [0.05, 0.1) is 13.2 Å². The summed E-state index contributed by atoms with van der Waals surface area (Å²) in [6.45, 7) is 1.98. The van der Waals surface area contributed by atoms with Gasteiger partial charge in [0.25, 0.3) is 0 Å². The van der Waals surface area contributed by atoms with Gasteiger partial charge in [-0.25, -0.2) is 14.0 Å². The van der Waals surface area contributed by atoms with Crippen LogP contribution in [0.4, 0.5) is 4.79 Å². The van der Waals surface area contributed by atoms with Crippen molar-refractivity contribution in [2.24, 2.45) is 5.73 Å². The van der Waals surface area contributed by atoms with E-state index in [2.05, 4.69) is 0 Å². The lowest BCUT2D eigenvalue weighted by Crippen LogP contribution is -2.38. The van der Waals surface area contributed by atoms with Crippen molar-refractivity contribution in [2.45, 2.75) is 25.4 Å². The van der Waals surface area contributed by atoms with Gasteiger partial charge in [-0.2, -0.15) is 0 Å². The first-order valence-electron chi connectivity index (χ1n) is 5.71. The Hall–Kier alpha value is -0.620. The van der Waals surface area contributed by atoms with Gasteiger partial charge < -0.3 is 10.5 Å². The summed E-state index contributed by atoms with van der Waals surface area (Å²) in [5.41, 5.74) is 4.95. The van der Waals surface area contributed by atoms with Crippen molar-refractivity contribution in [1.82, 2.24) is 4.67 Å². The fraction of sp³-hybridized carbons (Fsp3) is 0.889. The molecule has 0 aromatic heterocycles. The van der Waals surface area contributed by atoms with E-state index in [1.807, 2.05) is 0 Å². The van der Waals surface area contributed by atoms with E-state index in [-0.39, 0.29) is 6.10 Å². The number of piperidine rings is 1. The molecule has 17 heavy (non-hydrogen) atoms. The van der Waals surface area contributed by atoms with Gasteiger partial charge in [-0.3, -0.25) is 9.05 Å². The van der Waals surface area contributed by atoms with E-state index in [4.69, 9.17) is 19.5 Å². The molecular formula is C9H17N2O5P. The zero-order chi connectivity index (χ0) is 12.3. The number of hydrogen-bond acceptors (Lipinski definition) is 5. The molecule has 2 aliphatic rings. The molecule has 2 fully saturated rings. The molecule has 2 heterocycles. The van der Waals surface area contributed by atoms with Crippen LogP contribution in [0.5, 0.6) is 0 Å². The minimum atomic E-state index is -3.09. The number of nitrogens with zero attached hydrogens (tertiary/aromatic N) is 1. The number of rotatable bonds is 2. The number of amides is 1. The van der Waals surface area contributed by atoms with Gasteiger partial charge in [-0.05, 0) is 19.3 Å². The maximum Gasteiger partial charge on any atom is 0.408 e. The molecule has 2 rings (SSSR count). The third-order valence-corrected chi connectivity index (χ3v) is 4.96. The van der Waals surface area contributed by atoms with Crippen molar-refractivity contribution in [3.8, 4) is 0 Å². The fourth-order valence-corrected chi connectivity index (χ4v) is 3.83. The topological polar surface area (TPSA) is 91.1 Å². The Labute approximate surface area is 99.8 Å². The highest BCUT2D eigenvalue weighted by Gasteiger charge is 2.38. The SMILES string of the molecule is NC(=O)OC1CCN(P2(=O)OCCCO2)CC1. The van der Waals surface area contributed by atoms with Crippen molar-refractivity contribution in [3.05, 3.63) is 0 Å². The summed E-state index contributed by atoms with van der Waals surface area (Å²) < 4.78 is 29.4. The summed E-state index contributed by atoms with van der Waals surface area (Å²) in [6, 6.07) is 0. The average Bonchev–Trinajstić information content (AvgIpc) is 2.30. The van der Waals surface area contributed by atoms with Crippen LogP contribution in [0.2, 0.25) is 0 Å². The van der Waals surface area contributed by atoms with Crippen molar-refractivity contribution >= 4 is 13.8 Å². The quantitative estimate of drug-likeness (QED) is 0.751. The van der Waals surface area contributed by atoms with Crippen molar-refractivity contribution in [1.29, 1.82) is 0 Å². The minimum Gasteiger partial charge on any atom is -0.446 e. The van der Waals surface area contributed by atoms with Gasteiger partial charge >= 0.3 is 13.8 Å². The maximum absolute atomic E-state index is 12.3. The molecule has 0 aromatic rings. The molecule has 0 bridgehead atoms. The molecule has 2 aliphatic heterocycles. The molecule has 0 atom stereocenters. The zero-order valence-electron chi connectivity index (χ0n) is 9.54. The van der Waals surface area contributed by atoms with Crippen LogP contribution in [0, 0.1) is 0 Å². The maximum atomic E-state index is 12.3. The van der Waals surface area contributed by atoms with E-state index in [0.29, 0.717) is 39.1 Å². The number of primary amides is 1. The Morgan fingerprint density at radius 1 is 1.29 bits per heavy atom. The molecule has 0 radical (unpaired) electrons. The molecule has 2 saturated heterocycles. The molecule has 98 valence electrons. The first-order valence-corrected chi connectivity index (χ1v) is 7.20. The second kappa shape index (κ2) is 5.35. The van der Waals surface area contributed by atoms with E-state index >= 15 is 0 Å². The van der Waals surface area contributed by atoms with Crippen LogP contribution in [0.3, 0.4) is 0 Å². The third kappa shape index (κ3) is 3.19. The lowest BCUT2D eigenvalue weighted by atomic mass is 10.1. The molecule has 0 spiro atoms. The fourth-order valence-electron chi connectivity index (χ4n) is 1.99. The number of ether oxygens (including phenoxy) is 1. The lowest BCUT2D eigenvalue weighted by Gasteiger charge is -2.36. The average molecular weight is 264 g/mol. The highest BCUT2D eigenvalue weighted by Crippen LogP contribution is 2.54. The van der Waals surface area contributed by atoms with E-state index in [1.54, 1.807) is 4.67 Å². The van der Waals surface area contributed by atoms with Crippen LogP contribution in [0.15, 0.2) is 0 Å². The smallest absolute Gasteiger partial charge is 0.408 e. The van der Waals surface area contributed by atoms with Crippen molar-refractivity contribution in [3.63, 3.8) is 0 Å². The molecular weight excluding hydrogens is 247 g/mol. The van der Waals surface area contributed by atoms with E-state index in [9.17, 15) is 9.36 Å². The standard InChI is InChI=1S/C9H17N2O5P/c10-9(12)16-8-2-4-11(5-3-8)17(13)14-6-1-7-15-17/h8H,1-7H2,(H2,10,12). The first-order chi connectivity index (χ1) is 8.10. The Balaban J connectivity index is 1.85. The van der Waals surface area contributed by atoms with Crippen molar-refractivity contribution in [2.75, 3.05) is 26.3 Å². The minimum absolute atomic E-state index is 0.194. The van der Waals surface area contributed by atoms with Gasteiger partial charge in [0, 0.05) is 13.1 Å². The number of nitrogens with two attached hydrogens (primary N) is 1. The lowest BCUT2D eigenvalue weighted by molar-refractivity contribution is 0.0546. The monoisotopic (exact) mass is 264 g/mol. The second-order valence-corrected chi connectivity index (χ2v) is 6.10. The predicted molar refractivity (Wildman–Crippen MR) is 59.4 cm³/mol. The third-order valence-electron chi connectivity index (χ3n) is 2.85. The van der Waals surface area contributed by atoms with Gasteiger partial charge in [0.15, 0.2) is 0 Å². The van der Waals surface area contributed by atoms with Gasteiger partial charge in [-0.15, -0.1) is 0 Å². The summed E-state index contributed by atoms with van der Waals surface area (Å²) in [6.07, 6.45) is 1.00. The Kier molecular flexibility index (Phi) is 4.04. The molecule has 2 N–H and O–H groups in total. The largest absolute Gasteiger partial charge is 0.446 e. The Morgan fingerprint density at radius 2 is 1.88 bits per heavy atom. The molecule has 7 nitrogen and oxygen atoms in total. The molecule has 8 heteroatoms. The molecule has 0 aliphatic carbocycles. The summed E-state index contributed by atoms with van der Waals surface area (Å²) in [5.74, 6) is 0. The highest BCUT2D eigenvalue weighted by atomic mass is 31.2. The summed E-state index contributed by atoms with van der Waals surface area (Å²) in [7, 11) is -3.09. The Morgan fingerprint density at radius 3 is 2.41 bits per heavy atom. The van der Waals surface area contributed by atoms with Crippen LogP contribution in [0.25, 0.3) is 0 Å². The van der Waals surface area contributed by atoms with Crippen molar-refractivity contribution < 1.29 is 23.1 Å². The molecule has 0 aromatic carbocycles. The first kappa shape index (κ1) is 12.8. The van der Waals surface area contributed by atoms with Gasteiger partial charge in [-0.1, -0.05) is 0 Å². The van der Waals surface area contributed by atoms with E-state index in [1.165, 1.54) is 0 Å². The number of carbonyl (C=O) groups excluding carboxylic acids is 1. The number of carbonyl (C=O) groups is 1. The zero-order valence-corrected chi connectivity index (χ0v) is 10.4.